The van der Waals surface area contributed by atoms with E-state index in [2.05, 4.69) is 29.5 Å². The Bertz CT molecular complexity index is 224. The molecule has 0 N–H and O–H groups in total. The highest BCUT2D eigenvalue weighted by Gasteiger charge is 2.39. The average molecular weight is 428 g/mol. The van der Waals surface area contributed by atoms with Crippen molar-refractivity contribution in [2.24, 2.45) is 5.92 Å². The summed E-state index contributed by atoms with van der Waals surface area (Å²) < 4.78 is 18.1. The summed E-state index contributed by atoms with van der Waals surface area (Å²) in [5.74, 6) is -0.554. The predicted octanol–water partition coefficient (Wildman–Crippen LogP) is 5.94. The van der Waals surface area contributed by atoms with Crippen molar-refractivity contribution in [2.75, 3.05) is 25.8 Å². The maximum absolute atomic E-state index is 5.61. The van der Waals surface area contributed by atoms with Gasteiger partial charge in [-0.3, -0.25) is 0 Å². The van der Waals surface area contributed by atoms with Crippen molar-refractivity contribution in [3.8, 4) is 0 Å². The average Bonchev–Trinajstić information content (AvgIpc) is 2.55. The Kier molecular flexibility index (Phi) is 15.6. The quantitative estimate of drug-likeness (QED) is 0.132. The van der Waals surface area contributed by atoms with Gasteiger partial charge in [0.15, 0.2) is 0 Å². The number of unbranched alkanes of at least 4 members (excludes halogenated alkanes) is 7. The molecule has 0 heterocycles. The van der Waals surface area contributed by atoms with Crippen LogP contribution in [0.15, 0.2) is 0 Å². The lowest BCUT2D eigenvalue weighted by atomic mass is 9.92. The minimum absolute atomic E-state index is 0.313. The molecule has 0 saturated carbocycles. The van der Waals surface area contributed by atoms with Crippen LogP contribution in [0.1, 0.15) is 77.6 Å². The molecule has 0 aliphatic rings. The third-order valence-electron chi connectivity index (χ3n) is 4.45. The molecule has 4 heteroatoms. The van der Waals surface area contributed by atoms with Crippen molar-refractivity contribution in [1.82, 2.24) is 0 Å². The van der Waals surface area contributed by atoms with Crippen molar-refractivity contribution in [2.45, 2.75) is 83.5 Å². The van der Waals surface area contributed by atoms with Gasteiger partial charge in [-0.25, -0.2) is 0 Å². The fourth-order valence-corrected chi connectivity index (χ4v) is 3.62. The smallest absolute Gasteiger partial charge is 0.285 e. The summed E-state index contributed by atoms with van der Waals surface area (Å²) in [6.45, 7) is 2.26. The van der Waals surface area contributed by atoms with Crippen LogP contribution in [-0.4, -0.2) is 31.7 Å². The molecule has 0 aliphatic carbocycles. The van der Waals surface area contributed by atoms with E-state index in [4.69, 9.17) is 14.2 Å². The number of methoxy groups -OCH3 is 3. The molecule has 0 radical (unpaired) electrons. The first-order valence-corrected chi connectivity index (χ1v) is 10.4. The molecule has 0 bridgehead atoms. The topological polar surface area (TPSA) is 27.7 Å². The van der Waals surface area contributed by atoms with E-state index in [1.54, 1.807) is 21.3 Å². The van der Waals surface area contributed by atoms with E-state index in [9.17, 15) is 0 Å². The first-order chi connectivity index (χ1) is 10.7. The lowest BCUT2D eigenvalue weighted by Gasteiger charge is -2.36. The number of rotatable bonds is 16. The standard InChI is InChI=1S/C18H37IO3/c1-5-6-7-8-9-11-14-17(15-12-10-13-16-19)18(20-2,21-3)22-4/h17H,5-16H2,1-4H3. The Balaban J connectivity index is 4.32. The molecule has 1 atom stereocenters. The second-order valence-corrected chi connectivity index (χ2v) is 7.09. The van der Waals surface area contributed by atoms with Crippen LogP contribution in [-0.2, 0) is 14.2 Å². The second kappa shape index (κ2) is 15.2. The van der Waals surface area contributed by atoms with Gasteiger partial charge in [0.1, 0.15) is 0 Å². The fraction of sp³-hybridized carbons (Fsp3) is 1.00. The molecule has 0 aromatic carbocycles. The van der Waals surface area contributed by atoms with Crippen molar-refractivity contribution in [3.05, 3.63) is 0 Å². The maximum atomic E-state index is 5.61. The molecular formula is C18H37IO3. The summed E-state index contributed by atoms with van der Waals surface area (Å²) in [7, 11) is 5.06. The molecular weight excluding hydrogens is 391 g/mol. The van der Waals surface area contributed by atoms with Crippen molar-refractivity contribution >= 4 is 22.6 Å². The summed E-state index contributed by atoms with van der Waals surface area (Å²) >= 11 is 2.45. The molecule has 1 unspecified atom stereocenters. The molecule has 0 spiro atoms. The third-order valence-corrected chi connectivity index (χ3v) is 5.21. The lowest BCUT2D eigenvalue weighted by Crippen LogP contribution is -2.44. The highest BCUT2D eigenvalue weighted by atomic mass is 127. The van der Waals surface area contributed by atoms with Crippen LogP contribution >= 0.6 is 22.6 Å². The van der Waals surface area contributed by atoms with Crippen LogP contribution in [0.4, 0.5) is 0 Å². The molecule has 0 rings (SSSR count). The molecule has 0 aromatic rings. The molecule has 134 valence electrons. The fourth-order valence-electron chi connectivity index (χ4n) is 3.08. The zero-order chi connectivity index (χ0) is 16.7. The van der Waals surface area contributed by atoms with E-state index >= 15 is 0 Å². The van der Waals surface area contributed by atoms with Gasteiger partial charge in [0, 0.05) is 27.2 Å². The van der Waals surface area contributed by atoms with E-state index in [-0.39, 0.29) is 0 Å². The summed E-state index contributed by atoms with van der Waals surface area (Å²) in [5, 5.41) is 0. The van der Waals surface area contributed by atoms with Gasteiger partial charge in [-0.05, 0) is 23.7 Å². The Morgan fingerprint density at radius 2 is 1.18 bits per heavy atom. The van der Waals surface area contributed by atoms with Gasteiger partial charge >= 0.3 is 0 Å². The minimum atomic E-state index is -0.867. The SMILES string of the molecule is CCCCCCCCC(CCCCCI)C(OC)(OC)OC. The van der Waals surface area contributed by atoms with Gasteiger partial charge in [-0.15, -0.1) is 0 Å². The number of halogens is 1. The van der Waals surface area contributed by atoms with Gasteiger partial charge in [-0.1, -0.05) is 80.9 Å². The largest absolute Gasteiger partial charge is 0.331 e. The predicted molar refractivity (Wildman–Crippen MR) is 103 cm³/mol. The van der Waals surface area contributed by atoms with Crippen molar-refractivity contribution in [1.29, 1.82) is 0 Å². The molecule has 3 nitrogen and oxygen atoms in total. The summed E-state index contributed by atoms with van der Waals surface area (Å²) in [6.07, 6.45) is 13.9. The lowest BCUT2D eigenvalue weighted by molar-refractivity contribution is -0.380. The van der Waals surface area contributed by atoms with Crippen LogP contribution in [0.3, 0.4) is 0 Å². The Labute approximate surface area is 152 Å². The number of ether oxygens (including phenoxy) is 3. The van der Waals surface area contributed by atoms with E-state index < -0.39 is 5.97 Å². The number of alkyl halides is 1. The minimum Gasteiger partial charge on any atom is -0.331 e. The van der Waals surface area contributed by atoms with E-state index in [0.29, 0.717) is 5.92 Å². The van der Waals surface area contributed by atoms with E-state index in [1.165, 1.54) is 62.2 Å². The van der Waals surface area contributed by atoms with Gasteiger partial charge in [0.05, 0.1) is 0 Å². The third kappa shape index (κ3) is 9.04. The van der Waals surface area contributed by atoms with Crippen molar-refractivity contribution < 1.29 is 14.2 Å². The van der Waals surface area contributed by atoms with Crippen LogP contribution < -0.4 is 0 Å². The van der Waals surface area contributed by atoms with Crippen molar-refractivity contribution in [3.63, 3.8) is 0 Å². The highest BCUT2D eigenvalue weighted by molar-refractivity contribution is 14.1. The zero-order valence-corrected chi connectivity index (χ0v) is 17.3. The summed E-state index contributed by atoms with van der Waals surface area (Å²) in [5.41, 5.74) is 0. The molecule has 0 fully saturated rings. The number of hydrogen-bond acceptors (Lipinski definition) is 3. The van der Waals surface area contributed by atoms with Gasteiger partial charge < -0.3 is 14.2 Å². The van der Waals surface area contributed by atoms with Crippen LogP contribution in [0, 0.1) is 5.92 Å². The van der Waals surface area contributed by atoms with Gasteiger partial charge in [0.25, 0.3) is 5.97 Å². The Morgan fingerprint density at radius 3 is 1.64 bits per heavy atom. The molecule has 0 aliphatic heterocycles. The number of hydrogen-bond donors (Lipinski definition) is 0. The summed E-state index contributed by atoms with van der Waals surface area (Å²) in [4.78, 5) is 0. The zero-order valence-electron chi connectivity index (χ0n) is 15.2. The first-order valence-electron chi connectivity index (χ1n) is 8.92. The normalized spacial score (nSPS) is 13.5. The highest BCUT2D eigenvalue weighted by Crippen LogP contribution is 2.32. The summed E-state index contributed by atoms with van der Waals surface area (Å²) in [6, 6.07) is 0. The van der Waals surface area contributed by atoms with Crippen LogP contribution in [0.25, 0.3) is 0 Å². The van der Waals surface area contributed by atoms with Crippen LogP contribution in [0.5, 0.6) is 0 Å². The Morgan fingerprint density at radius 1 is 0.727 bits per heavy atom. The second-order valence-electron chi connectivity index (χ2n) is 6.01. The molecule has 0 aromatic heterocycles. The van der Waals surface area contributed by atoms with Gasteiger partial charge in [-0.2, -0.15) is 0 Å². The van der Waals surface area contributed by atoms with E-state index in [0.717, 1.165) is 12.8 Å². The van der Waals surface area contributed by atoms with E-state index in [1.807, 2.05) is 0 Å². The molecule has 0 amide bonds. The maximum Gasteiger partial charge on any atom is 0.285 e. The molecule has 22 heavy (non-hydrogen) atoms. The monoisotopic (exact) mass is 428 g/mol. The molecule has 0 saturated heterocycles. The first kappa shape index (κ1) is 22.6. The Hall–Kier alpha value is 0.610. The van der Waals surface area contributed by atoms with Crippen LogP contribution in [0.2, 0.25) is 0 Å². The van der Waals surface area contributed by atoms with Gasteiger partial charge in [0.2, 0.25) is 0 Å².